The molecule has 0 amide bonds. The zero-order chi connectivity index (χ0) is 28.3. The lowest BCUT2D eigenvalue weighted by Crippen LogP contribution is -2.12. The molecule has 0 saturated carbocycles. The Morgan fingerprint density at radius 2 is 0.974 bits per heavy atom. The molecule has 202 valence electrons. The zero-order valence-corrected chi connectivity index (χ0v) is 23.1. The van der Waals surface area contributed by atoms with Crippen molar-refractivity contribution in [3.8, 4) is 0 Å². The fraction of sp³-hybridized carbons (Fsp3) is 0.133. The number of carbonyl (C=O) groups excluding carboxylic acids is 2. The van der Waals surface area contributed by atoms with Gasteiger partial charge in [-0.1, -0.05) is 54.6 Å². The van der Waals surface area contributed by atoms with Crippen LogP contribution in [-0.4, -0.2) is 38.1 Å². The first-order chi connectivity index (χ1) is 18.7. The molecule has 9 heteroatoms. The van der Waals surface area contributed by atoms with Crippen LogP contribution in [0.2, 0.25) is 0 Å². The minimum atomic E-state index is -4.81. The van der Waals surface area contributed by atoms with Crippen molar-refractivity contribution in [1.29, 1.82) is 0 Å². The maximum absolute atomic E-state index is 11.6. The lowest BCUT2D eigenvalue weighted by atomic mass is 10.1. The summed E-state index contributed by atoms with van der Waals surface area (Å²) in [6.45, 7) is 3.28. The summed E-state index contributed by atoms with van der Waals surface area (Å²) in [5.74, 6) is -1.66. The van der Waals surface area contributed by atoms with E-state index in [9.17, 15) is 22.6 Å². The van der Waals surface area contributed by atoms with Gasteiger partial charge in [-0.2, -0.15) is 0 Å². The summed E-state index contributed by atoms with van der Waals surface area (Å²) in [5, 5.41) is 0. The minimum Gasteiger partial charge on any atom is -0.744 e. The van der Waals surface area contributed by atoms with E-state index in [0.29, 0.717) is 0 Å². The van der Waals surface area contributed by atoms with Crippen LogP contribution in [0.3, 0.4) is 0 Å². The average Bonchev–Trinajstić information content (AvgIpc) is 2.95. The van der Waals surface area contributed by atoms with Crippen LogP contribution in [0.25, 0.3) is 0 Å². The van der Waals surface area contributed by atoms with E-state index in [4.69, 9.17) is 9.47 Å². The molecule has 4 aromatic carbocycles. The molecule has 0 aromatic heterocycles. The third-order valence-electron chi connectivity index (χ3n) is 5.15. The van der Waals surface area contributed by atoms with E-state index < -0.39 is 27.0 Å². The lowest BCUT2D eigenvalue weighted by molar-refractivity contribution is 0.0524. The van der Waals surface area contributed by atoms with Gasteiger partial charge < -0.3 is 14.0 Å². The van der Waals surface area contributed by atoms with Gasteiger partial charge in [-0.15, -0.1) is 0 Å². The number of hydrogen-bond donors (Lipinski definition) is 0. The van der Waals surface area contributed by atoms with Gasteiger partial charge in [0, 0.05) is 0 Å². The Hall–Kier alpha value is -3.92. The van der Waals surface area contributed by atoms with E-state index in [2.05, 4.69) is 91.0 Å². The molecule has 0 fully saturated rings. The van der Waals surface area contributed by atoms with Crippen LogP contribution in [0.4, 0.5) is 0 Å². The number of benzene rings is 4. The Kier molecular flexibility index (Phi) is 10.9. The fourth-order valence-electron chi connectivity index (χ4n) is 3.49. The van der Waals surface area contributed by atoms with Crippen molar-refractivity contribution < 1.29 is 32.0 Å². The smallest absolute Gasteiger partial charge is 0.338 e. The van der Waals surface area contributed by atoms with Crippen molar-refractivity contribution in [3.63, 3.8) is 0 Å². The SMILES string of the molecule is CCOC(=O)c1cc(C(=O)OCC)cc(S(=O)(=O)[O-])c1.c1ccc([S+](c2ccccc2)c2ccccc2)cc1. The number of carbonyl (C=O) groups is 2. The lowest BCUT2D eigenvalue weighted by Gasteiger charge is -2.11. The Morgan fingerprint density at radius 1 is 0.641 bits per heavy atom. The maximum atomic E-state index is 11.6. The molecule has 0 N–H and O–H groups in total. The first kappa shape index (κ1) is 29.6. The van der Waals surface area contributed by atoms with E-state index in [1.807, 2.05) is 0 Å². The fourth-order valence-corrected chi connectivity index (χ4v) is 6.13. The van der Waals surface area contributed by atoms with Gasteiger partial charge in [0.15, 0.2) is 14.7 Å². The molecule has 0 aliphatic heterocycles. The van der Waals surface area contributed by atoms with E-state index >= 15 is 0 Å². The number of ether oxygens (including phenoxy) is 2. The van der Waals surface area contributed by atoms with Crippen molar-refractivity contribution in [2.75, 3.05) is 13.2 Å². The minimum absolute atomic E-state index is 0.0146. The molecule has 0 atom stereocenters. The number of rotatable bonds is 8. The summed E-state index contributed by atoms with van der Waals surface area (Å²) in [5.41, 5.74) is -0.404. The summed E-state index contributed by atoms with van der Waals surface area (Å²) >= 11 is 0. The van der Waals surface area contributed by atoms with E-state index in [-0.39, 0.29) is 35.2 Å². The van der Waals surface area contributed by atoms with Gasteiger partial charge in [0.2, 0.25) is 0 Å². The van der Waals surface area contributed by atoms with Crippen LogP contribution in [0.5, 0.6) is 0 Å². The molecule has 0 aliphatic rings. The summed E-state index contributed by atoms with van der Waals surface area (Å²) in [4.78, 5) is 26.6. The molecule has 7 nitrogen and oxygen atoms in total. The summed E-state index contributed by atoms with van der Waals surface area (Å²) in [6.07, 6.45) is 0. The number of hydrogen-bond acceptors (Lipinski definition) is 7. The van der Waals surface area contributed by atoms with Crippen LogP contribution >= 0.6 is 0 Å². The average molecular weight is 565 g/mol. The van der Waals surface area contributed by atoms with Gasteiger partial charge in [0.05, 0.1) is 40.1 Å². The Labute approximate surface area is 231 Å². The summed E-state index contributed by atoms with van der Waals surface area (Å²) in [7, 11) is -4.82. The molecule has 0 aliphatic carbocycles. The van der Waals surface area contributed by atoms with Crippen molar-refractivity contribution in [3.05, 3.63) is 120 Å². The first-order valence-electron chi connectivity index (χ1n) is 12.1. The van der Waals surface area contributed by atoms with Crippen molar-refractivity contribution in [1.82, 2.24) is 0 Å². The molecule has 4 aromatic rings. The highest BCUT2D eigenvalue weighted by Gasteiger charge is 2.27. The third-order valence-corrected chi connectivity index (χ3v) is 8.20. The highest BCUT2D eigenvalue weighted by atomic mass is 32.2. The molecule has 0 heterocycles. The quantitative estimate of drug-likeness (QED) is 0.153. The molecule has 0 spiro atoms. The van der Waals surface area contributed by atoms with Gasteiger partial charge in [0.25, 0.3) is 0 Å². The second-order valence-corrected chi connectivity index (χ2v) is 11.3. The topological polar surface area (TPSA) is 110 Å². The summed E-state index contributed by atoms with van der Waals surface area (Å²) < 4.78 is 42.5. The molecule has 4 rings (SSSR count). The van der Waals surface area contributed by atoms with E-state index in [1.165, 1.54) is 14.7 Å². The maximum Gasteiger partial charge on any atom is 0.338 e. The second-order valence-electron chi connectivity index (χ2n) is 7.89. The Bertz CT molecular complexity index is 1340. The van der Waals surface area contributed by atoms with Crippen LogP contribution in [0.15, 0.2) is 129 Å². The first-order valence-corrected chi connectivity index (χ1v) is 14.7. The van der Waals surface area contributed by atoms with Crippen LogP contribution in [0.1, 0.15) is 34.6 Å². The third kappa shape index (κ3) is 8.54. The second kappa shape index (κ2) is 14.3. The Balaban J connectivity index is 0.000000216. The van der Waals surface area contributed by atoms with E-state index in [1.54, 1.807) is 13.8 Å². The predicted molar refractivity (Wildman–Crippen MR) is 148 cm³/mol. The zero-order valence-electron chi connectivity index (χ0n) is 21.5. The van der Waals surface area contributed by atoms with Gasteiger partial charge in [-0.05, 0) is 68.4 Å². The van der Waals surface area contributed by atoms with Crippen LogP contribution in [0, 0.1) is 0 Å². The monoisotopic (exact) mass is 564 g/mol. The molecular weight excluding hydrogens is 536 g/mol. The molecule has 0 radical (unpaired) electrons. The predicted octanol–water partition coefficient (Wildman–Crippen LogP) is 5.73. The summed E-state index contributed by atoms with van der Waals surface area (Å²) in [6, 6.07) is 35.0. The van der Waals surface area contributed by atoms with Crippen molar-refractivity contribution >= 4 is 33.0 Å². The van der Waals surface area contributed by atoms with Gasteiger partial charge >= 0.3 is 11.9 Å². The number of esters is 2. The normalized spacial score (nSPS) is 10.8. The van der Waals surface area contributed by atoms with Crippen LogP contribution in [-0.2, 0) is 30.5 Å². The molecular formula is C30H28O7S2. The standard InChI is InChI=1S/C18H15S.C12H14O7S/c1-4-10-16(11-5-1)19(17-12-6-2-7-13-17)18-14-8-3-9-15-18;1-3-18-11(13)8-5-9(12(14)19-4-2)7-10(6-8)20(15,16)17/h1-15H;5-7H,3-4H2,1-2H3,(H,15,16,17)/q+1;/p-1. The molecule has 0 bridgehead atoms. The van der Waals surface area contributed by atoms with Crippen LogP contribution < -0.4 is 0 Å². The molecule has 0 unspecified atom stereocenters. The molecule has 0 saturated heterocycles. The van der Waals surface area contributed by atoms with Gasteiger partial charge in [0.1, 0.15) is 10.1 Å². The van der Waals surface area contributed by atoms with Crippen molar-refractivity contribution in [2.24, 2.45) is 0 Å². The van der Waals surface area contributed by atoms with Crippen molar-refractivity contribution in [2.45, 2.75) is 33.4 Å². The molecule has 39 heavy (non-hydrogen) atoms. The van der Waals surface area contributed by atoms with Gasteiger partial charge in [-0.25, -0.2) is 18.0 Å². The highest BCUT2D eigenvalue weighted by Crippen LogP contribution is 2.30. The Morgan fingerprint density at radius 3 is 1.26 bits per heavy atom. The van der Waals surface area contributed by atoms with E-state index in [0.717, 1.165) is 18.2 Å². The highest BCUT2D eigenvalue weighted by molar-refractivity contribution is 7.97. The largest absolute Gasteiger partial charge is 0.744 e. The van der Waals surface area contributed by atoms with Gasteiger partial charge in [-0.3, -0.25) is 0 Å².